The molecule has 0 aliphatic carbocycles. The van der Waals surface area contributed by atoms with Gasteiger partial charge in [0, 0.05) is 25.7 Å². The molecule has 0 aromatic carbocycles. The monoisotopic (exact) mass is 1240 g/mol. The second-order valence-corrected chi connectivity index (χ2v) is 27.8. The Morgan fingerprint density at radius 1 is 0.333 bits per heavy atom. The number of rotatable bonds is 62. The average molecular weight is 1240 g/mol. The lowest BCUT2D eigenvalue weighted by atomic mass is 10.00. The Hall–Kier alpha value is -1.94. The van der Waals surface area contributed by atoms with Crippen molar-refractivity contribution < 1.29 is 80.2 Å². The Kier molecular flexibility index (Phi) is 53.9. The van der Waals surface area contributed by atoms with E-state index in [0.29, 0.717) is 25.7 Å². The number of unbranched alkanes of at least 4 members (excludes halogenated alkanes) is 26. The van der Waals surface area contributed by atoms with Crippen LogP contribution in [-0.4, -0.2) is 96.7 Å². The summed E-state index contributed by atoms with van der Waals surface area (Å²) in [5.41, 5.74) is 0. The van der Waals surface area contributed by atoms with Crippen LogP contribution in [0.4, 0.5) is 0 Å². The molecule has 0 aliphatic heterocycles. The number of aliphatic hydroxyl groups excluding tert-OH is 1. The van der Waals surface area contributed by atoms with Crippen molar-refractivity contribution in [2.45, 2.75) is 331 Å². The molecule has 0 fully saturated rings. The first-order chi connectivity index (χ1) is 40.2. The van der Waals surface area contributed by atoms with Crippen molar-refractivity contribution in [2.75, 3.05) is 39.6 Å². The fourth-order valence-electron chi connectivity index (χ4n) is 9.54. The van der Waals surface area contributed by atoms with Crippen LogP contribution in [0.5, 0.6) is 0 Å². The zero-order valence-corrected chi connectivity index (χ0v) is 56.3. The van der Waals surface area contributed by atoms with Gasteiger partial charge < -0.3 is 33.8 Å². The second-order valence-electron chi connectivity index (χ2n) is 24.9. The Labute approximate surface area is 511 Å². The van der Waals surface area contributed by atoms with Gasteiger partial charge in [0.05, 0.1) is 26.4 Å². The molecule has 3 N–H and O–H groups in total. The van der Waals surface area contributed by atoms with Crippen molar-refractivity contribution in [3.8, 4) is 0 Å². The quantitative estimate of drug-likeness (QED) is 0.0222. The van der Waals surface area contributed by atoms with Gasteiger partial charge in [-0.15, -0.1) is 0 Å². The smallest absolute Gasteiger partial charge is 0.462 e. The SMILES string of the molecule is CCC(C)CCCCCCCCC(=O)OC[C@H](COP(=O)(O)OCC(O)COP(=O)(O)OC[C@@H](COC(=O)CCCCCCCCCCC(C)C)OC(=O)CCCCCCCCC(C)CC)OC(=O)CCCCCCCCCCCCC(C)C. The molecule has 498 valence electrons. The molecule has 0 saturated heterocycles. The fraction of sp³-hybridized carbons (Fsp3) is 0.938. The van der Waals surface area contributed by atoms with Gasteiger partial charge in [-0.05, 0) is 49.4 Å². The predicted molar refractivity (Wildman–Crippen MR) is 335 cm³/mol. The van der Waals surface area contributed by atoms with Crippen molar-refractivity contribution in [1.82, 2.24) is 0 Å². The first-order valence-corrected chi connectivity index (χ1v) is 36.8. The lowest BCUT2D eigenvalue weighted by Gasteiger charge is -2.21. The molecule has 0 radical (unpaired) electrons. The van der Waals surface area contributed by atoms with Gasteiger partial charge in [-0.25, -0.2) is 9.13 Å². The Morgan fingerprint density at radius 3 is 0.845 bits per heavy atom. The Morgan fingerprint density at radius 2 is 0.571 bits per heavy atom. The van der Waals surface area contributed by atoms with Crippen LogP contribution in [0.15, 0.2) is 0 Å². The van der Waals surface area contributed by atoms with Crippen molar-refractivity contribution in [3.05, 3.63) is 0 Å². The molecule has 0 saturated carbocycles. The van der Waals surface area contributed by atoms with Gasteiger partial charge in [-0.2, -0.15) is 0 Å². The molecule has 0 bridgehead atoms. The molecule has 0 aromatic rings. The molecule has 0 aromatic heterocycles. The van der Waals surface area contributed by atoms with E-state index >= 15 is 0 Å². The zero-order valence-electron chi connectivity index (χ0n) is 54.5. The van der Waals surface area contributed by atoms with Crippen LogP contribution in [0.3, 0.4) is 0 Å². The number of carbonyl (C=O) groups is 4. The lowest BCUT2D eigenvalue weighted by molar-refractivity contribution is -0.161. The maximum Gasteiger partial charge on any atom is 0.472 e. The summed E-state index contributed by atoms with van der Waals surface area (Å²) in [6.07, 6.45) is 34.9. The zero-order chi connectivity index (χ0) is 62.5. The molecule has 5 unspecified atom stereocenters. The molecular weight excluding hydrogens is 1110 g/mol. The molecule has 84 heavy (non-hydrogen) atoms. The molecule has 0 rings (SSSR count). The van der Waals surface area contributed by atoms with E-state index in [2.05, 4.69) is 55.4 Å². The summed E-state index contributed by atoms with van der Waals surface area (Å²) in [6.45, 7) is 14.0. The highest BCUT2D eigenvalue weighted by molar-refractivity contribution is 7.47. The Bertz CT molecular complexity index is 1680. The van der Waals surface area contributed by atoms with Gasteiger partial charge in [0.15, 0.2) is 12.2 Å². The highest BCUT2D eigenvalue weighted by Crippen LogP contribution is 2.45. The number of hydrogen-bond acceptors (Lipinski definition) is 15. The average Bonchev–Trinajstić information content (AvgIpc) is 3.51. The summed E-state index contributed by atoms with van der Waals surface area (Å²) in [5.74, 6) is 0.789. The second kappa shape index (κ2) is 55.2. The topological polar surface area (TPSA) is 237 Å². The van der Waals surface area contributed by atoms with Gasteiger partial charge >= 0.3 is 39.5 Å². The number of aliphatic hydroxyl groups is 1. The minimum atomic E-state index is -4.95. The lowest BCUT2D eigenvalue weighted by Crippen LogP contribution is -2.30. The minimum Gasteiger partial charge on any atom is -0.462 e. The summed E-state index contributed by atoms with van der Waals surface area (Å²) >= 11 is 0. The molecule has 0 aliphatic rings. The molecular formula is C65H126O17P2. The van der Waals surface area contributed by atoms with Crippen molar-refractivity contribution in [3.63, 3.8) is 0 Å². The summed E-state index contributed by atoms with van der Waals surface area (Å²) in [5, 5.41) is 10.5. The number of carbonyl (C=O) groups excluding carboxylic acids is 4. The summed E-state index contributed by atoms with van der Waals surface area (Å²) in [4.78, 5) is 72.3. The van der Waals surface area contributed by atoms with E-state index in [9.17, 15) is 43.2 Å². The van der Waals surface area contributed by atoms with Crippen LogP contribution in [0.1, 0.15) is 312 Å². The van der Waals surface area contributed by atoms with E-state index < -0.39 is 97.5 Å². The maximum atomic E-state index is 13.0. The first-order valence-electron chi connectivity index (χ1n) is 33.8. The highest BCUT2D eigenvalue weighted by Gasteiger charge is 2.30. The Balaban J connectivity index is 5.26. The van der Waals surface area contributed by atoms with Gasteiger partial charge in [-0.3, -0.25) is 37.3 Å². The highest BCUT2D eigenvalue weighted by atomic mass is 31.2. The van der Waals surface area contributed by atoms with E-state index in [1.165, 1.54) is 109 Å². The fourth-order valence-corrected chi connectivity index (χ4v) is 11.1. The number of ether oxygens (including phenoxy) is 4. The third-order valence-corrected chi connectivity index (χ3v) is 17.4. The molecule has 7 atom stereocenters. The van der Waals surface area contributed by atoms with Crippen LogP contribution >= 0.6 is 15.6 Å². The summed E-state index contributed by atoms with van der Waals surface area (Å²) < 4.78 is 68.0. The normalized spacial score (nSPS) is 15.1. The summed E-state index contributed by atoms with van der Waals surface area (Å²) in [7, 11) is -9.89. The third kappa shape index (κ3) is 56.6. The van der Waals surface area contributed by atoms with Crippen LogP contribution in [-0.2, 0) is 65.4 Å². The van der Waals surface area contributed by atoms with Gasteiger partial charge in [-0.1, -0.05) is 261 Å². The van der Waals surface area contributed by atoms with Crippen molar-refractivity contribution >= 4 is 39.5 Å². The van der Waals surface area contributed by atoms with Crippen LogP contribution in [0, 0.1) is 23.7 Å². The minimum absolute atomic E-state index is 0.102. The van der Waals surface area contributed by atoms with Crippen molar-refractivity contribution in [1.29, 1.82) is 0 Å². The van der Waals surface area contributed by atoms with Crippen LogP contribution in [0.25, 0.3) is 0 Å². The van der Waals surface area contributed by atoms with E-state index in [1.54, 1.807) is 0 Å². The number of phosphoric ester groups is 2. The summed E-state index contributed by atoms with van der Waals surface area (Å²) in [6, 6.07) is 0. The molecule has 0 spiro atoms. The molecule has 0 amide bonds. The molecule has 19 heteroatoms. The van der Waals surface area contributed by atoms with Crippen molar-refractivity contribution in [2.24, 2.45) is 23.7 Å². The van der Waals surface area contributed by atoms with Gasteiger partial charge in [0.1, 0.15) is 19.3 Å². The van der Waals surface area contributed by atoms with E-state index in [1.807, 2.05) is 0 Å². The van der Waals surface area contributed by atoms with Gasteiger partial charge in [0.2, 0.25) is 0 Å². The predicted octanol–water partition coefficient (Wildman–Crippen LogP) is 17.8. The number of esters is 4. The standard InChI is InChI=1S/C65H126O17P2/c1-9-57(7)43-35-27-21-23-30-38-46-63(68)76-52-60(81-64(69)47-39-31-20-14-12-11-13-17-25-33-41-55(3)4)53-79-83(71,72)77-49-59(66)50-78-84(73,74)80-54-61(82-65(70)48-40-32-24-22-28-36-44-58(8)10-2)51-75-62(67)45-37-29-19-16-15-18-26-34-42-56(5)6/h55-61,66H,9-54H2,1-8H3,(H,71,72)(H,73,74)/t57?,58?,59?,60-,61-/m1/s1. The largest absolute Gasteiger partial charge is 0.472 e. The molecule has 0 heterocycles. The van der Waals surface area contributed by atoms with Crippen LogP contribution in [0.2, 0.25) is 0 Å². The number of phosphoric acid groups is 2. The van der Waals surface area contributed by atoms with Crippen LogP contribution < -0.4 is 0 Å². The maximum absolute atomic E-state index is 13.0. The van der Waals surface area contributed by atoms with E-state index in [4.69, 9.17) is 37.0 Å². The molecule has 17 nitrogen and oxygen atoms in total. The van der Waals surface area contributed by atoms with E-state index in [0.717, 1.165) is 120 Å². The van der Waals surface area contributed by atoms with Gasteiger partial charge in [0.25, 0.3) is 0 Å². The number of hydrogen-bond donors (Lipinski definition) is 3. The first kappa shape index (κ1) is 82.1. The third-order valence-electron chi connectivity index (χ3n) is 15.5. The van der Waals surface area contributed by atoms with E-state index in [-0.39, 0.29) is 25.7 Å².